The first-order chi connectivity index (χ1) is 14.5. The van der Waals surface area contributed by atoms with Crippen molar-refractivity contribution in [2.24, 2.45) is 11.3 Å². The number of benzene rings is 2. The number of nitrogens with zero attached hydrogens (tertiary/aromatic N) is 3. The van der Waals surface area contributed by atoms with Gasteiger partial charge in [0.15, 0.2) is 11.2 Å². The van der Waals surface area contributed by atoms with Crippen LogP contribution in [0.5, 0.6) is 0 Å². The quantitative estimate of drug-likeness (QED) is 0.741. The molecule has 2 atom stereocenters. The summed E-state index contributed by atoms with van der Waals surface area (Å²) in [4.78, 5) is 28.7. The van der Waals surface area contributed by atoms with Crippen molar-refractivity contribution in [3.63, 3.8) is 0 Å². The van der Waals surface area contributed by atoms with E-state index >= 15 is 0 Å². The van der Waals surface area contributed by atoms with Gasteiger partial charge in [-0.25, -0.2) is 0 Å². The molecule has 1 spiro atoms. The summed E-state index contributed by atoms with van der Waals surface area (Å²) in [5.74, 6) is -1.72. The zero-order valence-electron chi connectivity index (χ0n) is 16.6. The van der Waals surface area contributed by atoms with E-state index in [1.165, 1.54) is 12.0 Å². The number of ketones is 1. The number of hydrogen-bond acceptors (Lipinski definition) is 5. The monoisotopic (exact) mass is 397 g/mol. The summed E-state index contributed by atoms with van der Waals surface area (Å²) in [6, 6.07) is 20.2. The van der Waals surface area contributed by atoms with E-state index in [1.807, 2.05) is 18.2 Å². The molecule has 0 bridgehead atoms. The van der Waals surface area contributed by atoms with Gasteiger partial charge in [0.05, 0.1) is 17.8 Å². The number of Topliss-reactive ketones (excluding diaryl/α,β-unsaturated/α-hetero) is 1. The Morgan fingerprint density at radius 3 is 2.33 bits per heavy atom. The molecular weight excluding hydrogens is 378 g/mol. The number of carbonyl (C=O) groups excluding carboxylic acids is 2. The van der Waals surface area contributed by atoms with E-state index in [4.69, 9.17) is 4.74 Å². The smallest absolute Gasteiger partial charge is 0.243 e. The Balaban J connectivity index is 2.07. The lowest BCUT2D eigenvalue weighted by molar-refractivity contribution is -0.130. The van der Waals surface area contributed by atoms with Crippen LogP contribution in [0.25, 0.3) is 6.08 Å². The predicted molar refractivity (Wildman–Crippen MR) is 110 cm³/mol. The van der Waals surface area contributed by atoms with Crippen molar-refractivity contribution in [2.45, 2.75) is 12.3 Å². The topological polar surface area (TPSA) is 94.2 Å². The van der Waals surface area contributed by atoms with Crippen molar-refractivity contribution >= 4 is 23.5 Å². The number of hydrogen-bond donors (Lipinski definition) is 0. The number of fused-ring (bicyclic) bond motifs is 2. The molecule has 2 aromatic rings. The summed E-state index contributed by atoms with van der Waals surface area (Å²) in [7, 11) is 1.46. The molecule has 1 aliphatic heterocycles. The van der Waals surface area contributed by atoms with Crippen LogP contribution in [0, 0.1) is 34.0 Å². The Kier molecular flexibility index (Phi) is 4.53. The number of anilines is 1. The lowest BCUT2D eigenvalue weighted by Crippen LogP contribution is -2.52. The lowest BCUT2D eigenvalue weighted by atomic mass is 9.59. The molecule has 148 valence electrons. The SMILES string of the molecule is COCN1C(=O)[C@@]2(c3ccccc31)[C@@H](C)C(=O)/C(=C/c1ccccc1)C2(C#N)C#N. The number of rotatable bonds is 3. The third-order valence-electron chi connectivity index (χ3n) is 6.21. The number of ether oxygens (including phenoxy) is 1. The summed E-state index contributed by atoms with van der Waals surface area (Å²) in [5, 5.41) is 20.6. The molecule has 0 saturated heterocycles. The fraction of sp³-hybridized carbons (Fsp3) is 0.250. The molecule has 4 rings (SSSR count). The van der Waals surface area contributed by atoms with Crippen LogP contribution < -0.4 is 4.90 Å². The molecule has 1 fully saturated rings. The summed E-state index contributed by atoms with van der Waals surface area (Å²) in [5.41, 5.74) is -1.80. The molecule has 1 aliphatic carbocycles. The number of methoxy groups -OCH3 is 1. The van der Waals surface area contributed by atoms with Gasteiger partial charge >= 0.3 is 0 Å². The van der Waals surface area contributed by atoms with Crippen LogP contribution in [0.3, 0.4) is 0 Å². The number of allylic oxidation sites excluding steroid dienone is 1. The molecule has 2 aromatic carbocycles. The van der Waals surface area contributed by atoms with E-state index in [9.17, 15) is 20.1 Å². The van der Waals surface area contributed by atoms with Crippen molar-refractivity contribution in [1.82, 2.24) is 0 Å². The highest BCUT2D eigenvalue weighted by Crippen LogP contribution is 2.63. The molecule has 0 radical (unpaired) electrons. The van der Waals surface area contributed by atoms with Crippen LogP contribution in [0.15, 0.2) is 60.2 Å². The maximum Gasteiger partial charge on any atom is 0.243 e. The standard InChI is InChI=1S/C24H19N3O3/c1-16-21(28)19(12-17-8-4-3-5-9-17)23(13-25,14-26)24(16)18-10-6-7-11-20(18)27(15-30-2)22(24)29/h3-12,16H,15H2,1-2H3/b19-12-/t16-,24-/m0/s1. The molecule has 1 heterocycles. The summed E-state index contributed by atoms with van der Waals surface area (Å²) in [6.45, 7) is 1.59. The first kappa shape index (κ1) is 19.6. The molecule has 2 aliphatic rings. The van der Waals surface area contributed by atoms with Gasteiger partial charge in [-0.2, -0.15) is 10.5 Å². The van der Waals surface area contributed by atoms with Crippen LogP contribution >= 0.6 is 0 Å². The van der Waals surface area contributed by atoms with E-state index in [0.717, 1.165) is 0 Å². The summed E-state index contributed by atoms with van der Waals surface area (Å²) < 4.78 is 5.22. The largest absolute Gasteiger partial charge is 0.364 e. The molecular formula is C24H19N3O3. The van der Waals surface area contributed by atoms with Gasteiger partial charge in [-0.3, -0.25) is 14.5 Å². The maximum absolute atomic E-state index is 13.8. The van der Waals surface area contributed by atoms with Crippen LogP contribution in [0.2, 0.25) is 0 Å². The van der Waals surface area contributed by atoms with Gasteiger partial charge < -0.3 is 4.74 Å². The zero-order chi connectivity index (χ0) is 21.5. The Morgan fingerprint density at radius 1 is 1.07 bits per heavy atom. The molecule has 0 unspecified atom stereocenters. The summed E-state index contributed by atoms with van der Waals surface area (Å²) >= 11 is 0. The Morgan fingerprint density at radius 2 is 1.70 bits per heavy atom. The Bertz CT molecular complexity index is 1140. The highest BCUT2D eigenvalue weighted by molar-refractivity contribution is 6.20. The van der Waals surface area contributed by atoms with Crippen molar-refractivity contribution in [2.75, 3.05) is 18.7 Å². The van der Waals surface area contributed by atoms with Crippen LogP contribution in [0.4, 0.5) is 5.69 Å². The number of carbonyl (C=O) groups is 2. The first-order valence-electron chi connectivity index (χ1n) is 9.54. The lowest BCUT2D eigenvalue weighted by Gasteiger charge is -2.34. The normalized spacial score (nSPS) is 25.4. The Hall–Kier alpha value is -3.74. The van der Waals surface area contributed by atoms with Crippen molar-refractivity contribution in [3.8, 4) is 12.1 Å². The number of para-hydroxylation sites is 1. The maximum atomic E-state index is 13.8. The number of nitriles is 2. The number of amides is 1. The van der Waals surface area contributed by atoms with E-state index in [0.29, 0.717) is 16.8 Å². The van der Waals surface area contributed by atoms with Gasteiger partial charge in [0.1, 0.15) is 12.1 Å². The molecule has 6 nitrogen and oxygen atoms in total. The molecule has 6 heteroatoms. The highest BCUT2D eigenvalue weighted by Gasteiger charge is 2.75. The van der Waals surface area contributed by atoms with E-state index in [-0.39, 0.29) is 18.1 Å². The van der Waals surface area contributed by atoms with Crippen LogP contribution in [0.1, 0.15) is 18.1 Å². The zero-order valence-corrected chi connectivity index (χ0v) is 16.6. The first-order valence-corrected chi connectivity index (χ1v) is 9.54. The predicted octanol–water partition coefficient (Wildman–Crippen LogP) is 3.21. The van der Waals surface area contributed by atoms with Crippen LogP contribution in [-0.2, 0) is 19.7 Å². The Labute approximate surface area is 174 Å². The third kappa shape index (κ3) is 2.20. The average Bonchev–Trinajstić information content (AvgIpc) is 3.13. The van der Waals surface area contributed by atoms with E-state index < -0.39 is 22.7 Å². The molecule has 1 saturated carbocycles. The van der Waals surface area contributed by atoms with Gasteiger partial charge in [0, 0.05) is 18.6 Å². The molecule has 30 heavy (non-hydrogen) atoms. The van der Waals surface area contributed by atoms with Gasteiger partial charge in [-0.05, 0) is 23.3 Å². The van der Waals surface area contributed by atoms with Crippen molar-refractivity contribution < 1.29 is 14.3 Å². The molecule has 1 amide bonds. The fourth-order valence-corrected chi connectivity index (χ4v) is 4.89. The van der Waals surface area contributed by atoms with Gasteiger partial charge in [0.25, 0.3) is 0 Å². The highest BCUT2D eigenvalue weighted by atomic mass is 16.5. The average molecular weight is 397 g/mol. The molecule has 0 aromatic heterocycles. The van der Waals surface area contributed by atoms with Crippen molar-refractivity contribution in [1.29, 1.82) is 10.5 Å². The fourth-order valence-electron chi connectivity index (χ4n) is 4.89. The molecule has 0 N–H and O–H groups in total. The van der Waals surface area contributed by atoms with E-state index in [1.54, 1.807) is 49.4 Å². The summed E-state index contributed by atoms with van der Waals surface area (Å²) in [6.07, 6.45) is 1.56. The minimum absolute atomic E-state index is 0.0385. The van der Waals surface area contributed by atoms with Crippen LogP contribution in [-0.4, -0.2) is 25.5 Å². The second-order valence-corrected chi connectivity index (χ2v) is 7.50. The minimum Gasteiger partial charge on any atom is -0.364 e. The second kappa shape index (κ2) is 6.95. The second-order valence-electron chi connectivity index (χ2n) is 7.50. The van der Waals surface area contributed by atoms with E-state index in [2.05, 4.69) is 12.1 Å². The van der Waals surface area contributed by atoms with Crippen molar-refractivity contribution in [3.05, 3.63) is 71.3 Å². The third-order valence-corrected chi connectivity index (χ3v) is 6.21. The minimum atomic E-state index is -1.96. The van der Waals surface area contributed by atoms with Gasteiger partial charge in [0.2, 0.25) is 5.91 Å². The van der Waals surface area contributed by atoms with Gasteiger partial charge in [-0.1, -0.05) is 55.5 Å². The van der Waals surface area contributed by atoms with Gasteiger partial charge in [-0.15, -0.1) is 0 Å².